The molecule has 1 fully saturated rings. The number of nitrogens with one attached hydrogen (secondary N) is 1. The number of halogens is 7. The van der Waals surface area contributed by atoms with Gasteiger partial charge in [0.1, 0.15) is 0 Å². The second kappa shape index (κ2) is 8.49. The number of carbonyl (C=O) groups excluding carboxylic acids is 1. The molecule has 1 saturated heterocycles. The van der Waals surface area contributed by atoms with Gasteiger partial charge in [-0.25, -0.2) is 0 Å². The maximum atomic E-state index is 14.1. The number of hydrogen-bond donors (Lipinski definition) is 1. The number of nitrogens with zero attached hydrogens (tertiary/aromatic N) is 1. The Hall–Kier alpha value is -2.72. The average molecular weight is 505 g/mol. The van der Waals surface area contributed by atoms with Gasteiger partial charge in [-0.15, -0.1) is 0 Å². The molecule has 4 nitrogen and oxygen atoms in total. The molecule has 182 valence electrons. The topological polar surface area (TPSA) is 41.6 Å². The Kier molecular flexibility index (Phi) is 6.10. The highest BCUT2D eigenvalue weighted by molar-refractivity contribution is 6.30. The Morgan fingerprint density at radius 2 is 1.76 bits per heavy atom. The minimum absolute atomic E-state index is 0.0474. The fourth-order valence-corrected chi connectivity index (χ4v) is 4.24. The number of benzene rings is 2. The summed E-state index contributed by atoms with van der Waals surface area (Å²) in [4.78, 5) is 18.3. The summed E-state index contributed by atoms with van der Waals surface area (Å²) in [6, 6.07) is 8.39. The van der Waals surface area contributed by atoms with E-state index < -0.39 is 34.1 Å². The minimum Gasteiger partial charge on any atom is -0.341 e. The monoisotopic (exact) mass is 504 g/mol. The van der Waals surface area contributed by atoms with E-state index in [4.69, 9.17) is 16.4 Å². The molecule has 1 N–H and O–H groups in total. The zero-order chi connectivity index (χ0) is 24.9. The van der Waals surface area contributed by atoms with Crippen molar-refractivity contribution < 1.29 is 36.0 Å². The quantitative estimate of drug-likeness (QED) is 0.517. The Labute approximate surface area is 196 Å². The van der Waals surface area contributed by atoms with E-state index in [0.29, 0.717) is 43.3 Å². The lowest BCUT2D eigenvalue weighted by Crippen LogP contribution is -2.48. The molecule has 2 aromatic carbocycles. The first kappa shape index (κ1) is 24.4. The summed E-state index contributed by atoms with van der Waals surface area (Å²) in [6.07, 6.45) is -8.85. The van der Waals surface area contributed by atoms with Gasteiger partial charge in [0, 0.05) is 36.0 Å². The van der Waals surface area contributed by atoms with Crippen molar-refractivity contribution in [2.75, 3.05) is 13.1 Å². The third-order valence-corrected chi connectivity index (χ3v) is 6.19. The molecule has 0 bridgehead atoms. The van der Waals surface area contributed by atoms with E-state index in [1.807, 2.05) is 0 Å². The van der Waals surface area contributed by atoms with E-state index in [1.165, 1.54) is 0 Å². The van der Waals surface area contributed by atoms with Crippen LogP contribution in [0.3, 0.4) is 0 Å². The summed E-state index contributed by atoms with van der Waals surface area (Å²) >= 11 is 5.72. The van der Waals surface area contributed by atoms with E-state index in [2.05, 4.69) is 5.48 Å². The van der Waals surface area contributed by atoms with Gasteiger partial charge in [-0.05, 0) is 35.4 Å². The molecule has 0 spiro atoms. The second-order valence-corrected chi connectivity index (χ2v) is 8.63. The molecule has 0 aliphatic carbocycles. The fraction of sp³-hybridized carbons (Fsp3) is 0.348. The highest BCUT2D eigenvalue weighted by atomic mass is 35.5. The molecular formula is C23H19ClF6N2O2. The van der Waals surface area contributed by atoms with E-state index in [9.17, 15) is 31.1 Å². The lowest BCUT2D eigenvalue weighted by atomic mass is 9.89. The molecule has 11 heteroatoms. The molecule has 4 rings (SSSR count). The number of rotatable bonds is 4. The summed E-state index contributed by atoms with van der Waals surface area (Å²) in [5, 5.41) is -0.501. The fourth-order valence-electron chi connectivity index (χ4n) is 4.00. The van der Waals surface area contributed by atoms with E-state index >= 15 is 0 Å². The standard InChI is InChI=1S/C23H19ClF6N2O2/c1-2-20(33)32-11-15(12-32)13-3-5-14(6-4-13)19-10-21(34-31-19,23(28,29)30)16-7-17(22(25,26)27)9-18(24)8-16/h3-10,15,31H,2,11-12H2,1H3. The van der Waals surface area contributed by atoms with Crippen LogP contribution < -0.4 is 5.48 Å². The summed E-state index contributed by atoms with van der Waals surface area (Å²) in [5.41, 5.74) is -1.83. The van der Waals surface area contributed by atoms with Crippen molar-refractivity contribution in [1.29, 1.82) is 0 Å². The highest BCUT2D eigenvalue weighted by Crippen LogP contribution is 2.49. The molecule has 1 amide bonds. The van der Waals surface area contributed by atoms with Crippen LogP contribution in [0.2, 0.25) is 5.02 Å². The van der Waals surface area contributed by atoms with Crippen LogP contribution in [-0.2, 0) is 21.4 Å². The number of likely N-dealkylation sites (tertiary alicyclic amines) is 1. The minimum atomic E-state index is -5.09. The van der Waals surface area contributed by atoms with Crippen LogP contribution in [0.1, 0.15) is 41.5 Å². The molecule has 2 heterocycles. The molecule has 0 saturated carbocycles. The highest BCUT2D eigenvalue weighted by Gasteiger charge is 2.60. The zero-order valence-electron chi connectivity index (χ0n) is 17.7. The van der Waals surface area contributed by atoms with Gasteiger partial charge in [-0.2, -0.15) is 26.3 Å². The number of alkyl halides is 6. The second-order valence-electron chi connectivity index (χ2n) is 8.19. The molecular weight excluding hydrogens is 486 g/mol. The molecule has 2 aliphatic rings. The van der Waals surface area contributed by atoms with E-state index in [0.717, 1.165) is 11.6 Å². The van der Waals surface area contributed by atoms with Gasteiger partial charge < -0.3 is 4.90 Å². The number of hydroxylamine groups is 1. The van der Waals surface area contributed by atoms with Crippen molar-refractivity contribution in [2.24, 2.45) is 0 Å². The summed E-state index contributed by atoms with van der Waals surface area (Å²) in [5.74, 6) is 0.191. The first-order valence-electron chi connectivity index (χ1n) is 10.3. The molecule has 34 heavy (non-hydrogen) atoms. The Bertz CT molecular complexity index is 1120. The van der Waals surface area contributed by atoms with Crippen molar-refractivity contribution in [3.63, 3.8) is 0 Å². The smallest absolute Gasteiger partial charge is 0.341 e. The van der Waals surface area contributed by atoms with Crippen molar-refractivity contribution in [2.45, 2.75) is 37.2 Å². The van der Waals surface area contributed by atoms with Crippen LogP contribution in [0.5, 0.6) is 0 Å². The van der Waals surface area contributed by atoms with Crippen molar-refractivity contribution in [1.82, 2.24) is 10.4 Å². The van der Waals surface area contributed by atoms with Gasteiger partial charge >= 0.3 is 12.4 Å². The largest absolute Gasteiger partial charge is 0.428 e. The summed E-state index contributed by atoms with van der Waals surface area (Å²) in [6.45, 7) is 2.93. The van der Waals surface area contributed by atoms with Crippen molar-refractivity contribution in [3.8, 4) is 0 Å². The third-order valence-electron chi connectivity index (χ3n) is 5.97. The predicted molar refractivity (Wildman–Crippen MR) is 112 cm³/mol. The molecule has 0 radical (unpaired) electrons. The lowest BCUT2D eigenvalue weighted by Gasteiger charge is -2.39. The number of carbonyl (C=O) groups is 1. The summed E-state index contributed by atoms with van der Waals surface area (Å²) in [7, 11) is 0. The lowest BCUT2D eigenvalue weighted by molar-refractivity contribution is -0.269. The zero-order valence-corrected chi connectivity index (χ0v) is 18.5. The maximum absolute atomic E-state index is 14.1. The first-order chi connectivity index (χ1) is 15.8. The van der Waals surface area contributed by atoms with Gasteiger partial charge in [0.05, 0.1) is 11.3 Å². The molecule has 1 atom stereocenters. The maximum Gasteiger partial charge on any atom is 0.428 e. The van der Waals surface area contributed by atoms with Gasteiger partial charge in [0.2, 0.25) is 11.5 Å². The van der Waals surface area contributed by atoms with Crippen molar-refractivity contribution in [3.05, 3.63) is 75.8 Å². The molecule has 2 aromatic rings. The van der Waals surface area contributed by atoms with Crippen LogP contribution in [-0.4, -0.2) is 30.1 Å². The van der Waals surface area contributed by atoms with E-state index in [-0.39, 0.29) is 17.5 Å². The van der Waals surface area contributed by atoms with Crippen LogP contribution in [0.25, 0.3) is 5.70 Å². The van der Waals surface area contributed by atoms with Crippen molar-refractivity contribution >= 4 is 23.2 Å². The van der Waals surface area contributed by atoms with E-state index in [1.54, 1.807) is 36.1 Å². The van der Waals surface area contributed by atoms with Crippen LogP contribution >= 0.6 is 11.6 Å². The Morgan fingerprint density at radius 3 is 2.32 bits per heavy atom. The number of hydrogen-bond acceptors (Lipinski definition) is 3. The molecule has 0 aromatic heterocycles. The Balaban J connectivity index is 1.64. The molecule has 1 unspecified atom stereocenters. The normalized spacial score (nSPS) is 21.2. The molecule has 2 aliphatic heterocycles. The van der Waals surface area contributed by atoms with Gasteiger partial charge in [-0.3, -0.25) is 15.1 Å². The van der Waals surface area contributed by atoms with Crippen LogP contribution in [0, 0.1) is 0 Å². The number of amides is 1. The SMILES string of the molecule is CCC(=O)N1CC(c2ccc(C3=CC(c4cc(Cl)cc(C(F)(F)F)c4)(C(F)(F)F)ON3)cc2)C1. The first-order valence-corrected chi connectivity index (χ1v) is 10.7. The Morgan fingerprint density at radius 1 is 1.12 bits per heavy atom. The third kappa shape index (κ3) is 4.36. The van der Waals surface area contributed by atoms with Gasteiger partial charge in [0.15, 0.2) is 0 Å². The van der Waals surface area contributed by atoms with Gasteiger partial charge in [-0.1, -0.05) is 42.8 Å². The summed E-state index contributed by atoms with van der Waals surface area (Å²) < 4.78 is 82.0. The van der Waals surface area contributed by atoms with Gasteiger partial charge in [0.25, 0.3) is 0 Å². The average Bonchev–Trinajstić information content (AvgIpc) is 3.19. The predicted octanol–water partition coefficient (Wildman–Crippen LogP) is 6.03. The van der Waals surface area contributed by atoms with Crippen LogP contribution in [0.15, 0.2) is 48.5 Å². The van der Waals surface area contributed by atoms with Crippen LogP contribution in [0.4, 0.5) is 26.3 Å².